The Labute approximate surface area is 179 Å². The lowest BCUT2D eigenvalue weighted by molar-refractivity contribution is -0.132. The quantitative estimate of drug-likeness (QED) is 0.436. The van der Waals surface area contributed by atoms with Crippen molar-refractivity contribution in [3.8, 4) is 0 Å². The number of likely N-dealkylation sites (N-methyl/N-ethyl adjacent to an activating group) is 1. The molecule has 9 nitrogen and oxygen atoms in total. The van der Waals surface area contributed by atoms with Crippen LogP contribution in [0.4, 0.5) is 5.13 Å². The number of carbonyl (C=O) groups is 3. The van der Waals surface area contributed by atoms with E-state index in [1.807, 2.05) is 11.8 Å². The molecule has 1 aliphatic carbocycles. The van der Waals surface area contributed by atoms with E-state index < -0.39 is 0 Å². The Morgan fingerprint density at radius 1 is 1.10 bits per heavy atom. The fraction of sp³-hybridized carbons (Fsp3) is 0.722. The lowest BCUT2D eigenvalue weighted by Gasteiger charge is -2.34. The summed E-state index contributed by atoms with van der Waals surface area (Å²) in [6.07, 6.45) is 2.47. The number of hydrogen-bond donors (Lipinski definition) is 0. The van der Waals surface area contributed by atoms with Crippen molar-refractivity contribution in [1.82, 2.24) is 24.9 Å². The highest BCUT2D eigenvalue weighted by Crippen LogP contribution is 2.36. The maximum atomic E-state index is 12.5. The molecule has 3 rings (SSSR count). The summed E-state index contributed by atoms with van der Waals surface area (Å²) >= 11 is 2.74. The number of piperazine rings is 1. The monoisotopic (exact) mass is 440 g/mol. The van der Waals surface area contributed by atoms with Crippen molar-refractivity contribution in [3.63, 3.8) is 0 Å². The van der Waals surface area contributed by atoms with Crippen molar-refractivity contribution in [2.75, 3.05) is 57.5 Å². The van der Waals surface area contributed by atoms with E-state index >= 15 is 0 Å². The Bertz CT molecular complexity index is 744. The van der Waals surface area contributed by atoms with E-state index in [4.69, 9.17) is 0 Å². The molecule has 0 unspecified atom stereocenters. The zero-order chi connectivity index (χ0) is 21.0. The fourth-order valence-electron chi connectivity index (χ4n) is 3.03. The molecule has 0 N–H and O–H groups in total. The second-order valence-electron chi connectivity index (χ2n) is 7.43. The van der Waals surface area contributed by atoms with Gasteiger partial charge in [0, 0.05) is 52.7 Å². The average molecular weight is 441 g/mol. The Balaban J connectivity index is 1.45. The molecule has 11 heteroatoms. The smallest absolute Gasteiger partial charge is 0.236 e. The average Bonchev–Trinajstić information content (AvgIpc) is 3.43. The lowest BCUT2D eigenvalue weighted by Crippen LogP contribution is -2.51. The van der Waals surface area contributed by atoms with Gasteiger partial charge in [0.15, 0.2) is 4.34 Å². The Morgan fingerprint density at radius 3 is 2.38 bits per heavy atom. The maximum Gasteiger partial charge on any atom is 0.236 e. The van der Waals surface area contributed by atoms with Gasteiger partial charge in [-0.15, -0.1) is 10.2 Å². The van der Waals surface area contributed by atoms with Crippen molar-refractivity contribution in [3.05, 3.63) is 0 Å². The van der Waals surface area contributed by atoms with Crippen LogP contribution in [-0.2, 0) is 14.4 Å². The van der Waals surface area contributed by atoms with Gasteiger partial charge < -0.3 is 9.80 Å². The Hall–Kier alpha value is -1.72. The maximum absolute atomic E-state index is 12.5. The molecule has 1 aromatic rings. The molecular formula is C18H28N6O3S2. The molecule has 0 atom stereocenters. The minimum Gasteiger partial charge on any atom is -0.348 e. The van der Waals surface area contributed by atoms with E-state index in [9.17, 15) is 14.4 Å². The number of thioether (sulfide) groups is 1. The third-order valence-corrected chi connectivity index (χ3v) is 7.03. The van der Waals surface area contributed by atoms with Gasteiger partial charge in [-0.2, -0.15) is 0 Å². The van der Waals surface area contributed by atoms with Crippen LogP contribution in [0.3, 0.4) is 0 Å². The van der Waals surface area contributed by atoms with Crippen LogP contribution < -0.4 is 4.90 Å². The van der Waals surface area contributed by atoms with Crippen molar-refractivity contribution in [1.29, 1.82) is 0 Å². The molecule has 1 saturated carbocycles. The summed E-state index contributed by atoms with van der Waals surface area (Å²) in [7, 11) is 3.50. The molecule has 0 bridgehead atoms. The van der Waals surface area contributed by atoms with Crippen molar-refractivity contribution in [2.45, 2.75) is 36.6 Å². The van der Waals surface area contributed by atoms with Crippen LogP contribution in [0.15, 0.2) is 4.34 Å². The first-order valence-corrected chi connectivity index (χ1v) is 11.7. The van der Waals surface area contributed by atoms with Crippen LogP contribution in [-0.4, -0.2) is 101 Å². The second kappa shape index (κ2) is 9.86. The van der Waals surface area contributed by atoms with Gasteiger partial charge in [0.05, 0.1) is 12.3 Å². The van der Waals surface area contributed by atoms with E-state index in [0.29, 0.717) is 54.4 Å². The van der Waals surface area contributed by atoms with Gasteiger partial charge in [-0.3, -0.25) is 24.2 Å². The van der Waals surface area contributed by atoms with Crippen LogP contribution in [0.25, 0.3) is 0 Å². The van der Waals surface area contributed by atoms with Crippen LogP contribution in [0.2, 0.25) is 0 Å². The van der Waals surface area contributed by atoms with Crippen LogP contribution >= 0.6 is 23.1 Å². The molecule has 0 aromatic carbocycles. The van der Waals surface area contributed by atoms with E-state index in [1.165, 1.54) is 23.1 Å². The third kappa shape index (κ3) is 5.89. The molecule has 2 aliphatic rings. The molecule has 3 amide bonds. The predicted molar refractivity (Wildman–Crippen MR) is 113 cm³/mol. The predicted octanol–water partition coefficient (Wildman–Crippen LogP) is 0.768. The van der Waals surface area contributed by atoms with Crippen LogP contribution in [0, 0.1) is 0 Å². The summed E-state index contributed by atoms with van der Waals surface area (Å²) in [5.74, 6) is 0.515. The molecule has 1 aliphatic heterocycles. The highest BCUT2D eigenvalue weighted by atomic mass is 32.2. The topological polar surface area (TPSA) is 90.0 Å². The zero-order valence-electron chi connectivity index (χ0n) is 17.2. The van der Waals surface area contributed by atoms with E-state index in [2.05, 4.69) is 15.1 Å². The van der Waals surface area contributed by atoms with Crippen molar-refractivity contribution in [2.24, 2.45) is 0 Å². The first-order valence-electron chi connectivity index (χ1n) is 9.87. The number of aromatic nitrogens is 2. The standard InChI is InChI=1S/C18H28N6O3S2/c1-4-14(25)24(13-5-6-13)17-19-20-18(29-17)28-12-16(27)23-9-7-22(8-10-23)11-15(26)21(2)3/h13H,4-12H2,1-3H3. The van der Waals surface area contributed by atoms with Gasteiger partial charge in [0.25, 0.3) is 0 Å². The summed E-state index contributed by atoms with van der Waals surface area (Å²) in [6, 6.07) is 0.255. The molecule has 1 saturated heterocycles. The van der Waals surface area contributed by atoms with Gasteiger partial charge in [-0.05, 0) is 12.8 Å². The summed E-state index contributed by atoms with van der Waals surface area (Å²) in [5, 5.41) is 8.97. The summed E-state index contributed by atoms with van der Waals surface area (Å²) in [4.78, 5) is 43.8. The van der Waals surface area contributed by atoms with Crippen molar-refractivity contribution >= 4 is 46.0 Å². The van der Waals surface area contributed by atoms with E-state index in [0.717, 1.165) is 12.8 Å². The van der Waals surface area contributed by atoms with Gasteiger partial charge >= 0.3 is 0 Å². The van der Waals surface area contributed by atoms with Crippen LogP contribution in [0.5, 0.6) is 0 Å². The normalized spacial score (nSPS) is 17.3. The van der Waals surface area contributed by atoms with Gasteiger partial charge in [0.1, 0.15) is 0 Å². The number of amides is 3. The van der Waals surface area contributed by atoms with Gasteiger partial charge in [-0.25, -0.2) is 0 Å². The minimum atomic E-state index is 0.0639. The highest BCUT2D eigenvalue weighted by molar-refractivity contribution is 8.01. The number of rotatable bonds is 8. The number of hydrogen-bond acceptors (Lipinski definition) is 8. The molecule has 29 heavy (non-hydrogen) atoms. The molecule has 1 aromatic heterocycles. The van der Waals surface area contributed by atoms with Gasteiger partial charge in [-0.1, -0.05) is 30.0 Å². The van der Waals surface area contributed by atoms with E-state index in [-0.39, 0.29) is 23.8 Å². The highest BCUT2D eigenvalue weighted by Gasteiger charge is 2.35. The second-order valence-corrected chi connectivity index (χ2v) is 9.61. The first-order chi connectivity index (χ1) is 13.9. The third-order valence-electron chi connectivity index (χ3n) is 4.99. The molecule has 160 valence electrons. The number of anilines is 1. The van der Waals surface area contributed by atoms with Gasteiger partial charge in [0.2, 0.25) is 22.9 Å². The van der Waals surface area contributed by atoms with Crippen LogP contribution in [0.1, 0.15) is 26.2 Å². The zero-order valence-corrected chi connectivity index (χ0v) is 18.8. The summed E-state index contributed by atoms with van der Waals surface area (Å²) in [6.45, 7) is 4.90. The molecule has 2 fully saturated rings. The molecule has 0 radical (unpaired) electrons. The number of nitrogens with zero attached hydrogens (tertiary/aromatic N) is 6. The minimum absolute atomic E-state index is 0.0639. The summed E-state index contributed by atoms with van der Waals surface area (Å²) in [5.41, 5.74) is 0. The molecular weight excluding hydrogens is 412 g/mol. The first kappa shape index (κ1) is 22.0. The SMILES string of the molecule is CCC(=O)N(c1nnc(SCC(=O)N2CCN(CC(=O)N(C)C)CC2)s1)C1CC1. The fourth-order valence-corrected chi connectivity index (χ4v) is 4.86. The largest absolute Gasteiger partial charge is 0.348 e. The number of carbonyl (C=O) groups excluding carboxylic acids is 3. The van der Waals surface area contributed by atoms with Crippen molar-refractivity contribution < 1.29 is 14.4 Å². The molecule has 0 spiro atoms. The van der Waals surface area contributed by atoms with E-state index in [1.54, 1.807) is 23.9 Å². The Kier molecular flexibility index (Phi) is 7.47. The Morgan fingerprint density at radius 2 is 1.79 bits per heavy atom. The summed E-state index contributed by atoms with van der Waals surface area (Å²) < 4.78 is 0.707. The lowest BCUT2D eigenvalue weighted by atomic mass is 10.3. The molecule has 2 heterocycles.